The lowest BCUT2D eigenvalue weighted by atomic mass is 10.2. The molecule has 0 aliphatic rings. The fourth-order valence-electron chi connectivity index (χ4n) is 0.910. The molecule has 1 atom stereocenters. The Kier molecular flexibility index (Phi) is 4.75. The van der Waals surface area contributed by atoms with Gasteiger partial charge < -0.3 is 0 Å². The summed E-state index contributed by atoms with van der Waals surface area (Å²) in [6.07, 6.45) is 0. The maximum Gasteiger partial charge on any atom is 0.251 e. The Balaban J connectivity index is 2.95. The monoisotopic (exact) mass is 301 g/mol. The minimum absolute atomic E-state index is 0.0143. The van der Waals surface area contributed by atoms with E-state index in [1.165, 1.54) is 12.1 Å². The highest BCUT2D eigenvalue weighted by atomic mass is 35.5. The average molecular weight is 302 g/mol. The van der Waals surface area contributed by atoms with Gasteiger partial charge in [-0.15, -0.1) is 4.13 Å². The van der Waals surface area contributed by atoms with E-state index in [4.69, 9.17) is 23.2 Å². The molecule has 8 heteroatoms. The Morgan fingerprint density at radius 1 is 1.25 bits per heavy atom. The van der Waals surface area contributed by atoms with Gasteiger partial charge in [0.25, 0.3) is 10.0 Å². The third kappa shape index (κ3) is 3.71. The summed E-state index contributed by atoms with van der Waals surface area (Å²) in [4.78, 5) is 0.0143. The first-order chi connectivity index (χ1) is 7.33. The highest BCUT2D eigenvalue weighted by molar-refractivity contribution is 8.03. The average Bonchev–Trinajstić information content (AvgIpc) is 2.17. The number of aryl methyl sites for hydroxylation is 1. The Hall–Kier alpha value is -0.140. The molecule has 1 N–H and O–H groups in total. The van der Waals surface area contributed by atoms with Gasteiger partial charge in [0.2, 0.25) is 0 Å². The third-order valence-electron chi connectivity index (χ3n) is 1.68. The number of alkyl halides is 2. The van der Waals surface area contributed by atoms with E-state index in [-0.39, 0.29) is 4.90 Å². The lowest BCUT2D eigenvalue weighted by molar-refractivity contribution is 0.592. The molecule has 0 saturated carbocycles. The molecule has 1 unspecified atom stereocenters. The van der Waals surface area contributed by atoms with Gasteiger partial charge in [-0.25, -0.2) is 12.6 Å². The first-order valence-electron chi connectivity index (χ1n) is 4.11. The first kappa shape index (κ1) is 13.9. The quantitative estimate of drug-likeness (QED) is 0.861. The van der Waals surface area contributed by atoms with Crippen LogP contribution in [0.4, 0.5) is 0 Å². The molecule has 0 amide bonds. The van der Waals surface area contributed by atoms with Gasteiger partial charge in [-0.1, -0.05) is 40.9 Å². The van der Waals surface area contributed by atoms with Crippen molar-refractivity contribution in [1.82, 2.24) is 4.13 Å². The van der Waals surface area contributed by atoms with Crippen LogP contribution in [0, 0.1) is 6.92 Å². The van der Waals surface area contributed by atoms with Crippen LogP contribution < -0.4 is 4.13 Å². The second-order valence-corrected chi connectivity index (χ2v) is 7.78. The highest BCUT2D eigenvalue weighted by Crippen LogP contribution is 2.13. The smallest absolute Gasteiger partial charge is 0.239 e. The van der Waals surface area contributed by atoms with Crippen LogP contribution in [0.15, 0.2) is 29.2 Å². The molecule has 0 aromatic heterocycles. The number of hydrogen-bond acceptors (Lipinski definition) is 3. The highest BCUT2D eigenvalue weighted by Gasteiger charge is 2.20. The van der Waals surface area contributed by atoms with Gasteiger partial charge in [0.05, 0.1) is 4.90 Å². The molecule has 0 radical (unpaired) electrons. The zero-order valence-corrected chi connectivity index (χ0v) is 11.3. The number of benzene rings is 1. The molecule has 0 aliphatic carbocycles. The van der Waals surface area contributed by atoms with Crippen molar-refractivity contribution >= 4 is 44.2 Å². The molecule has 0 heterocycles. The Bertz CT molecular complexity index is 485. The summed E-state index contributed by atoms with van der Waals surface area (Å²) in [5.41, 5.74) is 0.924. The molecule has 0 aliphatic heterocycles. The molecule has 1 aromatic rings. The van der Waals surface area contributed by atoms with Gasteiger partial charge in [-0.05, 0) is 19.1 Å². The summed E-state index contributed by atoms with van der Waals surface area (Å²) in [5, 5.41) is 0. The summed E-state index contributed by atoms with van der Waals surface area (Å²) in [6, 6.07) is 6.09. The van der Waals surface area contributed by atoms with Crippen molar-refractivity contribution < 1.29 is 12.6 Å². The van der Waals surface area contributed by atoms with E-state index in [1.807, 2.05) is 11.1 Å². The van der Waals surface area contributed by atoms with Gasteiger partial charge in [0.1, 0.15) is 11.0 Å². The predicted molar refractivity (Wildman–Crippen MR) is 65.1 cm³/mol. The number of hydrogen-bond donors (Lipinski definition) is 1. The summed E-state index contributed by atoms with van der Waals surface area (Å²) in [5.74, 6) is 0. The maximum atomic E-state index is 11.6. The van der Waals surface area contributed by atoms with E-state index in [0.717, 1.165) is 5.56 Å². The molecule has 0 spiro atoms. The zero-order valence-electron chi connectivity index (χ0n) is 8.18. The number of rotatable bonds is 4. The van der Waals surface area contributed by atoms with Crippen LogP contribution in [-0.2, 0) is 21.0 Å². The predicted octanol–water partition coefficient (Wildman–Crippen LogP) is 1.70. The van der Waals surface area contributed by atoms with E-state index >= 15 is 0 Å². The summed E-state index contributed by atoms with van der Waals surface area (Å²) < 4.78 is 35.0. The largest absolute Gasteiger partial charge is 0.251 e. The van der Waals surface area contributed by atoms with E-state index in [1.54, 1.807) is 12.1 Å². The van der Waals surface area contributed by atoms with Gasteiger partial charge in [-0.2, -0.15) is 0 Å². The normalized spacial score (nSPS) is 14.0. The zero-order chi connectivity index (χ0) is 12.3. The Morgan fingerprint density at radius 2 is 1.75 bits per heavy atom. The van der Waals surface area contributed by atoms with E-state index < -0.39 is 25.2 Å². The fourth-order valence-corrected chi connectivity index (χ4v) is 3.60. The van der Waals surface area contributed by atoms with Crippen molar-refractivity contribution in [2.45, 2.75) is 16.0 Å². The molecule has 0 fully saturated rings. The van der Waals surface area contributed by atoms with Crippen LogP contribution in [0.5, 0.6) is 0 Å². The Morgan fingerprint density at radius 3 is 2.19 bits per heavy atom. The molecular weight excluding hydrogens is 293 g/mol. The van der Waals surface area contributed by atoms with Crippen molar-refractivity contribution in [1.29, 1.82) is 0 Å². The number of sulfonamides is 1. The standard InChI is InChI=1S/C8H9Cl2NO3S2/c1-6-2-4-7(5-3-6)16(13,14)11-15(12)8(9)10/h2-5,8,11H,1H3. The van der Waals surface area contributed by atoms with Crippen LogP contribution in [0.3, 0.4) is 0 Å². The second-order valence-electron chi connectivity index (χ2n) is 2.96. The van der Waals surface area contributed by atoms with Crippen molar-refractivity contribution in [2.24, 2.45) is 0 Å². The molecule has 4 nitrogen and oxygen atoms in total. The van der Waals surface area contributed by atoms with Crippen molar-refractivity contribution in [3.8, 4) is 0 Å². The minimum Gasteiger partial charge on any atom is -0.239 e. The summed E-state index contributed by atoms with van der Waals surface area (Å²) in [6.45, 7) is 1.83. The molecule has 0 saturated heterocycles. The Labute approximate surface area is 107 Å². The van der Waals surface area contributed by atoms with Crippen molar-refractivity contribution in [3.63, 3.8) is 0 Å². The van der Waals surface area contributed by atoms with Gasteiger partial charge in [0, 0.05) is 0 Å². The van der Waals surface area contributed by atoms with Crippen LogP contribution in [0.2, 0.25) is 0 Å². The molecule has 0 bridgehead atoms. The van der Waals surface area contributed by atoms with Gasteiger partial charge in [-0.3, -0.25) is 0 Å². The van der Waals surface area contributed by atoms with E-state index in [0.29, 0.717) is 0 Å². The van der Waals surface area contributed by atoms with Crippen LogP contribution in [-0.4, -0.2) is 16.8 Å². The summed E-state index contributed by atoms with van der Waals surface area (Å²) >= 11 is 10.6. The lowest BCUT2D eigenvalue weighted by Gasteiger charge is -2.06. The topological polar surface area (TPSA) is 63.2 Å². The molecular formula is C8H9Cl2NO3S2. The van der Waals surface area contributed by atoms with Crippen LogP contribution >= 0.6 is 23.2 Å². The lowest BCUT2D eigenvalue weighted by Crippen LogP contribution is -2.28. The number of halogens is 2. The van der Waals surface area contributed by atoms with Crippen LogP contribution in [0.25, 0.3) is 0 Å². The molecule has 1 aromatic carbocycles. The van der Waals surface area contributed by atoms with E-state index in [9.17, 15) is 12.6 Å². The van der Waals surface area contributed by atoms with Crippen molar-refractivity contribution in [2.75, 3.05) is 0 Å². The van der Waals surface area contributed by atoms with Crippen molar-refractivity contribution in [3.05, 3.63) is 29.8 Å². The fraction of sp³-hybridized carbons (Fsp3) is 0.250. The molecule has 90 valence electrons. The molecule has 16 heavy (non-hydrogen) atoms. The third-order valence-corrected chi connectivity index (χ3v) is 5.41. The van der Waals surface area contributed by atoms with Gasteiger partial charge in [0.15, 0.2) is 4.17 Å². The summed E-state index contributed by atoms with van der Waals surface area (Å²) in [7, 11) is -5.89. The number of nitrogens with one attached hydrogen (secondary N) is 1. The SMILES string of the molecule is Cc1ccc(S(=O)(=O)NS(=O)C(Cl)Cl)cc1. The second kappa shape index (κ2) is 5.46. The van der Waals surface area contributed by atoms with E-state index in [2.05, 4.69) is 0 Å². The van der Waals surface area contributed by atoms with Gasteiger partial charge >= 0.3 is 0 Å². The first-order valence-corrected chi connectivity index (χ1v) is 7.67. The maximum absolute atomic E-state index is 11.6. The molecule has 1 rings (SSSR count). The van der Waals surface area contributed by atoms with Crippen LogP contribution in [0.1, 0.15) is 5.56 Å². The minimum atomic E-state index is -3.84.